The van der Waals surface area contributed by atoms with E-state index < -0.39 is 6.04 Å². The summed E-state index contributed by atoms with van der Waals surface area (Å²) >= 11 is 0. The van der Waals surface area contributed by atoms with Crippen molar-refractivity contribution in [2.45, 2.75) is 32.2 Å². The molecule has 0 bridgehead atoms. The minimum atomic E-state index is -0.611. The highest BCUT2D eigenvalue weighted by atomic mass is 16.2. The molecule has 1 heterocycles. The van der Waals surface area contributed by atoms with Crippen LogP contribution in [0.5, 0.6) is 0 Å². The summed E-state index contributed by atoms with van der Waals surface area (Å²) in [6, 6.07) is 1.33. The van der Waals surface area contributed by atoms with Crippen LogP contribution in [0.15, 0.2) is 0 Å². The molecule has 0 spiro atoms. The van der Waals surface area contributed by atoms with E-state index in [2.05, 4.69) is 0 Å². The second-order valence-electron chi connectivity index (χ2n) is 4.00. The van der Waals surface area contributed by atoms with Gasteiger partial charge in [0.25, 0.3) is 0 Å². The highest BCUT2D eigenvalue weighted by Crippen LogP contribution is 2.40. The fraction of sp³-hybridized carbons (Fsp3) is 0.700. The number of carbonyl (C=O) groups is 2. The normalized spacial score (nSPS) is 33.0. The van der Waals surface area contributed by atoms with Crippen molar-refractivity contribution < 1.29 is 9.59 Å². The van der Waals surface area contributed by atoms with Crippen molar-refractivity contribution in [3.63, 3.8) is 0 Å². The monoisotopic (exact) mass is 192 g/mol. The summed E-state index contributed by atoms with van der Waals surface area (Å²) in [5.41, 5.74) is 0. The molecule has 0 aromatic carbocycles. The first-order valence-electron chi connectivity index (χ1n) is 4.93. The standard InChI is InChI=1S/C10H12N2O2/c1-6(5-11)12-9(13)7-3-2-4-8(7)10(12)14/h6-8H,2-4H2,1H3. The second kappa shape index (κ2) is 3.09. The molecule has 2 amide bonds. The molecule has 1 saturated heterocycles. The van der Waals surface area contributed by atoms with Crippen LogP contribution in [0.1, 0.15) is 26.2 Å². The molecule has 0 aromatic heterocycles. The Balaban J connectivity index is 2.27. The van der Waals surface area contributed by atoms with Gasteiger partial charge in [-0.05, 0) is 19.8 Å². The summed E-state index contributed by atoms with van der Waals surface area (Å²) < 4.78 is 0. The van der Waals surface area contributed by atoms with Gasteiger partial charge in [-0.1, -0.05) is 6.42 Å². The van der Waals surface area contributed by atoms with Gasteiger partial charge in [-0.15, -0.1) is 0 Å². The van der Waals surface area contributed by atoms with Gasteiger partial charge in [0, 0.05) is 0 Å². The van der Waals surface area contributed by atoms with E-state index in [1.807, 2.05) is 6.07 Å². The number of carbonyl (C=O) groups excluding carboxylic acids is 2. The Morgan fingerprint density at radius 1 is 1.36 bits per heavy atom. The Morgan fingerprint density at radius 3 is 2.29 bits per heavy atom. The maximum absolute atomic E-state index is 11.8. The number of hydrogen-bond acceptors (Lipinski definition) is 3. The lowest BCUT2D eigenvalue weighted by Gasteiger charge is -2.17. The number of likely N-dealkylation sites (tertiary alicyclic amines) is 1. The van der Waals surface area contributed by atoms with E-state index in [0.717, 1.165) is 24.2 Å². The smallest absolute Gasteiger partial charge is 0.234 e. The van der Waals surface area contributed by atoms with Crippen LogP contribution in [-0.2, 0) is 9.59 Å². The van der Waals surface area contributed by atoms with Gasteiger partial charge >= 0.3 is 0 Å². The van der Waals surface area contributed by atoms with E-state index in [0.29, 0.717) is 0 Å². The van der Waals surface area contributed by atoms with Gasteiger partial charge in [0.15, 0.2) is 0 Å². The summed E-state index contributed by atoms with van der Waals surface area (Å²) in [5.74, 6) is -0.519. The van der Waals surface area contributed by atoms with Crippen LogP contribution in [0.3, 0.4) is 0 Å². The lowest BCUT2D eigenvalue weighted by Crippen LogP contribution is -2.38. The molecule has 74 valence electrons. The molecule has 4 heteroatoms. The van der Waals surface area contributed by atoms with Crippen molar-refractivity contribution >= 4 is 11.8 Å². The number of hydrogen-bond donors (Lipinski definition) is 0. The number of nitrogens with zero attached hydrogens (tertiary/aromatic N) is 2. The van der Waals surface area contributed by atoms with E-state index in [9.17, 15) is 9.59 Å². The maximum Gasteiger partial charge on any atom is 0.234 e. The number of nitriles is 1. The maximum atomic E-state index is 11.8. The third-order valence-electron chi connectivity index (χ3n) is 3.20. The first-order chi connectivity index (χ1) is 6.66. The molecular weight excluding hydrogens is 180 g/mol. The van der Waals surface area contributed by atoms with Gasteiger partial charge in [-0.3, -0.25) is 14.5 Å². The van der Waals surface area contributed by atoms with Crippen molar-refractivity contribution in [2.24, 2.45) is 11.8 Å². The van der Waals surface area contributed by atoms with Crippen molar-refractivity contribution in [1.82, 2.24) is 4.90 Å². The molecule has 0 aromatic rings. The fourth-order valence-electron chi connectivity index (χ4n) is 2.46. The minimum absolute atomic E-state index is 0.127. The lowest BCUT2D eigenvalue weighted by molar-refractivity contribution is -0.141. The molecule has 4 nitrogen and oxygen atoms in total. The number of amides is 2. The molecule has 3 atom stereocenters. The zero-order chi connectivity index (χ0) is 10.3. The van der Waals surface area contributed by atoms with Gasteiger partial charge in [-0.25, -0.2) is 0 Å². The Bertz CT molecular complexity index is 310. The molecule has 0 radical (unpaired) electrons. The van der Waals surface area contributed by atoms with E-state index in [1.165, 1.54) is 0 Å². The summed E-state index contributed by atoms with van der Waals surface area (Å²) in [7, 11) is 0. The number of imide groups is 1. The van der Waals surface area contributed by atoms with Crippen molar-refractivity contribution in [2.75, 3.05) is 0 Å². The molecular formula is C10H12N2O2. The second-order valence-corrected chi connectivity index (χ2v) is 4.00. The average Bonchev–Trinajstić information content (AvgIpc) is 2.72. The average molecular weight is 192 g/mol. The van der Waals surface area contributed by atoms with Crippen molar-refractivity contribution in [1.29, 1.82) is 5.26 Å². The quantitative estimate of drug-likeness (QED) is 0.574. The van der Waals surface area contributed by atoms with E-state index >= 15 is 0 Å². The van der Waals surface area contributed by atoms with Gasteiger partial charge in [-0.2, -0.15) is 5.26 Å². The van der Waals surface area contributed by atoms with Crippen LogP contribution in [0, 0.1) is 23.2 Å². The third-order valence-corrected chi connectivity index (χ3v) is 3.20. The third kappa shape index (κ3) is 1.05. The molecule has 0 N–H and O–H groups in total. The lowest BCUT2D eigenvalue weighted by atomic mass is 10.00. The zero-order valence-electron chi connectivity index (χ0n) is 8.06. The Morgan fingerprint density at radius 2 is 1.86 bits per heavy atom. The SMILES string of the molecule is CC(C#N)N1C(=O)C2CCCC2C1=O. The molecule has 1 aliphatic carbocycles. The summed E-state index contributed by atoms with van der Waals surface area (Å²) in [4.78, 5) is 24.7. The molecule has 2 fully saturated rings. The van der Waals surface area contributed by atoms with Gasteiger partial charge < -0.3 is 0 Å². The van der Waals surface area contributed by atoms with Crippen molar-refractivity contribution in [3.05, 3.63) is 0 Å². The van der Waals surface area contributed by atoms with E-state index in [1.54, 1.807) is 6.92 Å². The van der Waals surface area contributed by atoms with Gasteiger partial charge in [0.1, 0.15) is 6.04 Å². The first-order valence-corrected chi connectivity index (χ1v) is 4.93. The van der Waals surface area contributed by atoms with Crippen molar-refractivity contribution in [3.8, 4) is 6.07 Å². The first kappa shape index (κ1) is 9.20. The Labute approximate surface area is 82.5 Å². The minimum Gasteiger partial charge on any atom is -0.274 e. The molecule has 1 aliphatic heterocycles. The fourth-order valence-corrected chi connectivity index (χ4v) is 2.46. The van der Waals surface area contributed by atoms with Crippen LogP contribution in [0.4, 0.5) is 0 Å². The molecule has 3 unspecified atom stereocenters. The predicted molar refractivity (Wildman–Crippen MR) is 47.8 cm³/mol. The van der Waals surface area contributed by atoms with Crippen LogP contribution in [0.2, 0.25) is 0 Å². The van der Waals surface area contributed by atoms with E-state index in [-0.39, 0.29) is 23.7 Å². The van der Waals surface area contributed by atoms with E-state index in [4.69, 9.17) is 5.26 Å². The van der Waals surface area contributed by atoms with Crippen LogP contribution >= 0.6 is 0 Å². The van der Waals surface area contributed by atoms with Crippen LogP contribution in [-0.4, -0.2) is 22.8 Å². The summed E-state index contributed by atoms with van der Waals surface area (Å²) in [6.45, 7) is 1.59. The Kier molecular flexibility index (Phi) is 2.03. The zero-order valence-corrected chi connectivity index (χ0v) is 8.06. The highest BCUT2D eigenvalue weighted by Gasteiger charge is 2.51. The number of rotatable bonds is 1. The topological polar surface area (TPSA) is 61.2 Å². The molecule has 2 rings (SSSR count). The van der Waals surface area contributed by atoms with Crippen LogP contribution in [0.25, 0.3) is 0 Å². The highest BCUT2D eigenvalue weighted by molar-refractivity contribution is 6.06. The largest absolute Gasteiger partial charge is 0.274 e. The molecule has 1 saturated carbocycles. The number of fused-ring (bicyclic) bond motifs is 1. The predicted octanol–water partition coefficient (Wildman–Crippen LogP) is 0.684. The Hall–Kier alpha value is -1.37. The summed E-state index contributed by atoms with van der Waals surface area (Å²) in [5, 5.41) is 8.70. The van der Waals surface area contributed by atoms with Gasteiger partial charge in [0.2, 0.25) is 11.8 Å². The molecule has 2 aliphatic rings. The summed E-state index contributed by atoms with van der Waals surface area (Å²) in [6.07, 6.45) is 2.58. The molecule has 14 heavy (non-hydrogen) atoms. The van der Waals surface area contributed by atoms with Crippen LogP contribution < -0.4 is 0 Å². The van der Waals surface area contributed by atoms with Gasteiger partial charge in [0.05, 0.1) is 17.9 Å².